The van der Waals surface area contributed by atoms with Gasteiger partial charge in [-0.2, -0.15) is 0 Å². The molecule has 0 aromatic heterocycles. The van der Waals surface area contributed by atoms with Crippen LogP contribution in [0.4, 0.5) is 0 Å². The number of nitrogens with two attached hydrogens (primary N) is 1. The molecule has 0 amide bonds. The van der Waals surface area contributed by atoms with Crippen LogP contribution in [0.25, 0.3) is 10.8 Å². The van der Waals surface area contributed by atoms with Gasteiger partial charge in [-0.1, -0.05) is 86.6 Å². The Balaban J connectivity index is 2.12. The number of benzene rings is 3. The van der Waals surface area contributed by atoms with Crippen molar-refractivity contribution in [3.63, 3.8) is 0 Å². The second-order valence-electron chi connectivity index (χ2n) is 6.14. The van der Waals surface area contributed by atoms with E-state index in [4.69, 9.17) is 5.73 Å². The molecule has 3 aromatic rings. The first kappa shape index (κ1) is 13.8. The van der Waals surface area contributed by atoms with Gasteiger partial charge in [0.15, 0.2) is 0 Å². The molecule has 0 fully saturated rings. The lowest BCUT2D eigenvalue weighted by molar-refractivity contribution is 0.424. The van der Waals surface area contributed by atoms with Gasteiger partial charge < -0.3 is 5.73 Å². The molecule has 21 heavy (non-hydrogen) atoms. The molecular formula is C20H21N. The normalized spacial score (nSPS) is 13.3. The van der Waals surface area contributed by atoms with Crippen LogP contribution in [0.5, 0.6) is 0 Å². The molecule has 0 radical (unpaired) electrons. The Morgan fingerprint density at radius 3 is 2.14 bits per heavy atom. The molecular weight excluding hydrogens is 254 g/mol. The van der Waals surface area contributed by atoms with Crippen molar-refractivity contribution in [2.75, 3.05) is 0 Å². The van der Waals surface area contributed by atoms with Gasteiger partial charge in [-0.15, -0.1) is 0 Å². The van der Waals surface area contributed by atoms with E-state index < -0.39 is 0 Å². The summed E-state index contributed by atoms with van der Waals surface area (Å²) in [4.78, 5) is 0. The number of hydrogen-bond donors (Lipinski definition) is 1. The summed E-state index contributed by atoms with van der Waals surface area (Å²) in [5.41, 5.74) is 8.94. The molecule has 0 heterocycles. The summed E-state index contributed by atoms with van der Waals surface area (Å²) >= 11 is 0. The summed E-state index contributed by atoms with van der Waals surface area (Å²) in [6.07, 6.45) is 0. The molecule has 0 aliphatic rings. The third kappa shape index (κ3) is 2.45. The smallest absolute Gasteiger partial charge is 0.0387 e. The molecule has 0 saturated carbocycles. The second-order valence-corrected chi connectivity index (χ2v) is 6.14. The maximum atomic E-state index is 6.60. The molecule has 1 heteroatoms. The molecule has 3 rings (SSSR count). The Morgan fingerprint density at radius 2 is 1.38 bits per heavy atom. The third-order valence-electron chi connectivity index (χ3n) is 4.42. The number of rotatable bonds is 3. The lowest BCUT2D eigenvalue weighted by Crippen LogP contribution is -2.33. The molecule has 0 aliphatic heterocycles. The fraction of sp³-hybridized carbons (Fsp3) is 0.200. The van der Waals surface area contributed by atoms with Gasteiger partial charge in [0.05, 0.1) is 0 Å². The van der Waals surface area contributed by atoms with Gasteiger partial charge in [-0.05, 0) is 21.9 Å². The van der Waals surface area contributed by atoms with Crippen molar-refractivity contribution >= 4 is 10.8 Å². The van der Waals surface area contributed by atoms with Crippen molar-refractivity contribution in [2.24, 2.45) is 5.73 Å². The molecule has 2 N–H and O–H groups in total. The van der Waals surface area contributed by atoms with E-state index in [2.05, 4.69) is 68.4 Å². The van der Waals surface area contributed by atoms with E-state index in [0.717, 1.165) is 0 Å². The van der Waals surface area contributed by atoms with Gasteiger partial charge >= 0.3 is 0 Å². The minimum atomic E-state index is -0.137. The maximum absolute atomic E-state index is 6.60. The zero-order valence-electron chi connectivity index (χ0n) is 12.6. The average Bonchev–Trinajstić information content (AvgIpc) is 2.54. The monoisotopic (exact) mass is 275 g/mol. The van der Waals surface area contributed by atoms with E-state index >= 15 is 0 Å². The third-order valence-corrected chi connectivity index (χ3v) is 4.42. The second kappa shape index (κ2) is 5.34. The van der Waals surface area contributed by atoms with Gasteiger partial charge in [-0.25, -0.2) is 0 Å². The van der Waals surface area contributed by atoms with Gasteiger partial charge in [0.25, 0.3) is 0 Å². The summed E-state index contributed by atoms with van der Waals surface area (Å²) in [5.74, 6) is 0. The van der Waals surface area contributed by atoms with Crippen LogP contribution in [0.2, 0.25) is 0 Å². The van der Waals surface area contributed by atoms with Crippen LogP contribution in [0, 0.1) is 0 Å². The number of hydrogen-bond acceptors (Lipinski definition) is 1. The molecule has 106 valence electrons. The molecule has 0 aliphatic carbocycles. The Bertz CT molecular complexity index is 739. The summed E-state index contributed by atoms with van der Waals surface area (Å²) in [5, 5.41) is 2.56. The summed E-state index contributed by atoms with van der Waals surface area (Å²) in [7, 11) is 0. The highest BCUT2D eigenvalue weighted by molar-refractivity contribution is 5.86. The van der Waals surface area contributed by atoms with E-state index in [1.54, 1.807) is 0 Å². The Hall–Kier alpha value is -2.12. The predicted molar refractivity (Wildman–Crippen MR) is 90.3 cm³/mol. The first-order chi connectivity index (χ1) is 10.1. The van der Waals surface area contributed by atoms with Gasteiger partial charge in [0, 0.05) is 11.5 Å². The molecule has 3 aromatic carbocycles. The molecule has 0 saturated heterocycles. The van der Waals surface area contributed by atoms with Gasteiger partial charge in [-0.3, -0.25) is 0 Å². The zero-order chi connectivity index (χ0) is 14.9. The van der Waals surface area contributed by atoms with Crippen molar-refractivity contribution in [3.05, 3.63) is 83.9 Å². The Kier molecular flexibility index (Phi) is 3.52. The Labute approximate surface area is 126 Å². The van der Waals surface area contributed by atoms with Crippen molar-refractivity contribution in [2.45, 2.75) is 25.3 Å². The van der Waals surface area contributed by atoms with Crippen molar-refractivity contribution < 1.29 is 0 Å². The lowest BCUT2D eigenvalue weighted by atomic mass is 9.74. The van der Waals surface area contributed by atoms with Crippen LogP contribution in [-0.4, -0.2) is 0 Å². The Morgan fingerprint density at radius 1 is 0.762 bits per heavy atom. The first-order valence-corrected chi connectivity index (χ1v) is 7.39. The zero-order valence-corrected chi connectivity index (χ0v) is 12.6. The van der Waals surface area contributed by atoms with Crippen molar-refractivity contribution in [3.8, 4) is 0 Å². The fourth-order valence-electron chi connectivity index (χ4n) is 3.03. The van der Waals surface area contributed by atoms with Gasteiger partial charge in [0.1, 0.15) is 0 Å². The SMILES string of the molecule is CC(C)(c1cccc2ccccc12)C(N)c1ccccc1. The van der Waals surface area contributed by atoms with Crippen LogP contribution in [0.1, 0.15) is 31.0 Å². The van der Waals surface area contributed by atoms with Crippen LogP contribution in [0.3, 0.4) is 0 Å². The standard InChI is InChI=1S/C20H21N/c1-20(2,19(21)16-10-4-3-5-11-16)18-14-8-12-15-9-6-7-13-17(15)18/h3-14,19H,21H2,1-2H3. The van der Waals surface area contributed by atoms with E-state index in [1.807, 2.05) is 18.2 Å². The largest absolute Gasteiger partial charge is 0.323 e. The molecule has 0 spiro atoms. The molecule has 1 atom stereocenters. The maximum Gasteiger partial charge on any atom is 0.0387 e. The quantitative estimate of drug-likeness (QED) is 0.728. The number of fused-ring (bicyclic) bond motifs is 1. The molecule has 1 nitrogen and oxygen atoms in total. The van der Waals surface area contributed by atoms with E-state index in [-0.39, 0.29) is 11.5 Å². The summed E-state index contributed by atoms with van der Waals surface area (Å²) < 4.78 is 0. The molecule has 1 unspecified atom stereocenters. The molecule has 0 bridgehead atoms. The minimum Gasteiger partial charge on any atom is -0.323 e. The van der Waals surface area contributed by atoms with E-state index in [9.17, 15) is 0 Å². The fourth-order valence-corrected chi connectivity index (χ4v) is 3.03. The highest BCUT2D eigenvalue weighted by Gasteiger charge is 2.30. The van der Waals surface area contributed by atoms with Gasteiger partial charge in [0.2, 0.25) is 0 Å². The van der Waals surface area contributed by atoms with Crippen LogP contribution < -0.4 is 5.73 Å². The van der Waals surface area contributed by atoms with Crippen LogP contribution in [0.15, 0.2) is 72.8 Å². The van der Waals surface area contributed by atoms with E-state index in [0.29, 0.717) is 0 Å². The van der Waals surface area contributed by atoms with Crippen molar-refractivity contribution in [1.29, 1.82) is 0 Å². The highest BCUT2D eigenvalue weighted by Crippen LogP contribution is 2.38. The minimum absolute atomic E-state index is 0.0375. The van der Waals surface area contributed by atoms with Crippen LogP contribution >= 0.6 is 0 Å². The van der Waals surface area contributed by atoms with E-state index in [1.165, 1.54) is 21.9 Å². The average molecular weight is 275 g/mol. The first-order valence-electron chi connectivity index (χ1n) is 7.39. The topological polar surface area (TPSA) is 26.0 Å². The van der Waals surface area contributed by atoms with Crippen molar-refractivity contribution in [1.82, 2.24) is 0 Å². The lowest BCUT2D eigenvalue weighted by Gasteiger charge is -2.33. The highest BCUT2D eigenvalue weighted by atomic mass is 14.7. The summed E-state index contributed by atoms with van der Waals surface area (Å²) in [6, 6.07) is 25.3. The predicted octanol–water partition coefficient (Wildman–Crippen LogP) is 4.82. The van der Waals surface area contributed by atoms with Crippen LogP contribution in [-0.2, 0) is 5.41 Å². The summed E-state index contributed by atoms with van der Waals surface area (Å²) in [6.45, 7) is 4.46.